The molecule has 0 amide bonds. The maximum absolute atomic E-state index is 12.2. The van der Waals surface area contributed by atoms with Crippen molar-refractivity contribution in [2.24, 2.45) is 10.8 Å². The molecule has 1 unspecified atom stereocenters. The number of hydrogen-bond donors (Lipinski definition) is 1. The molecule has 1 N–H and O–H groups in total. The quantitative estimate of drug-likeness (QED) is 0.367. The summed E-state index contributed by atoms with van der Waals surface area (Å²) in [5.74, 6) is 0.401. The SMILES string of the molecule is CC(=S)c1c(CC(=C(Cl)Cl)C2(C(=O)O)CC2(C)C)cccc1Oc1ccccc1. The van der Waals surface area contributed by atoms with E-state index in [2.05, 4.69) is 0 Å². The van der Waals surface area contributed by atoms with Crippen LogP contribution in [0.2, 0.25) is 0 Å². The lowest BCUT2D eigenvalue weighted by atomic mass is 9.83. The molecule has 6 heteroatoms. The maximum atomic E-state index is 12.2. The summed E-state index contributed by atoms with van der Waals surface area (Å²) < 4.78 is 6.06. The number of ether oxygens (including phenoxy) is 1. The first kappa shape index (κ1) is 21.8. The molecule has 152 valence electrons. The van der Waals surface area contributed by atoms with Crippen LogP contribution in [0.25, 0.3) is 0 Å². The molecule has 0 radical (unpaired) electrons. The van der Waals surface area contributed by atoms with E-state index >= 15 is 0 Å². The summed E-state index contributed by atoms with van der Waals surface area (Å²) in [6.45, 7) is 5.65. The molecule has 1 saturated carbocycles. The van der Waals surface area contributed by atoms with Gasteiger partial charge >= 0.3 is 5.97 Å². The maximum Gasteiger partial charge on any atom is 0.314 e. The Morgan fingerprint density at radius 2 is 1.76 bits per heavy atom. The molecule has 0 spiro atoms. The lowest BCUT2D eigenvalue weighted by Crippen LogP contribution is -2.25. The van der Waals surface area contributed by atoms with Crippen molar-refractivity contribution in [1.82, 2.24) is 0 Å². The van der Waals surface area contributed by atoms with Crippen molar-refractivity contribution in [2.75, 3.05) is 0 Å². The number of carbonyl (C=O) groups is 1. The molecule has 1 atom stereocenters. The van der Waals surface area contributed by atoms with E-state index in [1.807, 2.05) is 69.3 Å². The summed E-state index contributed by atoms with van der Waals surface area (Å²) in [5, 5.41) is 9.96. The van der Waals surface area contributed by atoms with Crippen molar-refractivity contribution >= 4 is 46.3 Å². The smallest absolute Gasteiger partial charge is 0.314 e. The molecule has 0 aromatic heterocycles. The predicted molar refractivity (Wildman–Crippen MR) is 121 cm³/mol. The third-order valence-electron chi connectivity index (χ3n) is 5.65. The van der Waals surface area contributed by atoms with Gasteiger partial charge in [0.2, 0.25) is 0 Å². The Bertz CT molecular complexity index is 994. The lowest BCUT2D eigenvalue weighted by molar-refractivity contribution is -0.143. The van der Waals surface area contributed by atoms with Gasteiger partial charge in [-0.1, -0.05) is 79.6 Å². The van der Waals surface area contributed by atoms with Crippen LogP contribution in [0, 0.1) is 10.8 Å². The van der Waals surface area contributed by atoms with E-state index in [0.29, 0.717) is 28.4 Å². The fourth-order valence-electron chi connectivity index (χ4n) is 4.02. The molecule has 0 bridgehead atoms. The van der Waals surface area contributed by atoms with Crippen LogP contribution in [0.15, 0.2) is 58.6 Å². The summed E-state index contributed by atoms with van der Waals surface area (Å²) in [6, 6.07) is 15.0. The van der Waals surface area contributed by atoms with Crippen LogP contribution in [0.3, 0.4) is 0 Å². The van der Waals surface area contributed by atoms with E-state index < -0.39 is 16.8 Å². The topological polar surface area (TPSA) is 46.5 Å². The summed E-state index contributed by atoms with van der Waals surface area (Å²) in [4.78, 5) is 12.8. The van der Waals surface area contributed by atoms with Gasteiger partial charge in [0.25, 0.3) is 0 Å². The largest absolute Gasteiger partial charge is 0.481 e. The highest BCUT2D eigenvalue weighted by molar-refractivity contribution is 7.80. The first-order chi connectivity index (χ1) is 13.6. The first-order valence-corrected chi connectivity index (χ1v) is 10.4. The minimum atomic E-state index is -1.07. The van der Waals surface area contributed by atoms with Crippen molar-refractivity contribution in [3.63, 3.8) is 0 Å². The normalized spacial score (nSPS) is 19.3. The monoisotopic (exact) mass is 448 g/mol. The second-order valence-corrected chi connectivity index (χ2v) is 9.51. The average Bonchev–Trinajstić information content (AvgIpc) is 3.23. The minimum Gasteiger partial charge on any atom is -0.481 e. The van der Waals surface area contributed by atoms with Crippen LogP contribution in [0.5, 0.6) is 11.5 Å². The van der Waals surface area contributed by atoms with Gasteiger partial charge in [0.1, 0.15) is 16.0 Å². The van der Waals surface area contributed by atoms with E-state index in [1.165, 1.54) is 0 Å². The van der Waals surface area contributed by atoms with E-state index in [4.69, 9.17) is 40.2 Å². The van der Waals surface area contributed by atoms with Crippen molar-refractivity contribution in [3.05, 3.63) is 69.7 Å². The Balaban J connectivity index is 2.05. The molecule has 29 heavy (non-hydrogen) atoms. The highest BCUT2D eigenvalue weighted by Gasteiger charge is 2.69. The average molecular weight is 449 g/mol. The second kappa shape index (κ2) is 8.10. The number of para-hydroxylation sites is 1. The Morgan fingerprint density at radius 3 is 2.24 bits per heavy atom. The molecular weight excluding hydrogens is 427 g/mol. The highest BCUT2D eigenvalue weighted by Crippen LogP contribution is 2.69. The third kappa shape index (κ3) is 4.07. The van der Waals surface area contributed by atoms with Gasteiger partial charge in [-0.05, 0) is 54.5 Å². The van der Waals surface area contributed by atoms with Crippen molar-refractivity contribution in [3.8, 4) is 11.5 Å². The number of thiocarbonyl (C=S) groups is 1. The number of hydrogen-bond acceptors (Lipinski definition) is 3. The molecule has 0 aliphatic heterocycles. The van der Waals surface area contributed by atoms with Gasteiger partial charge in [-0.15, -0.1) is 0 Å². The van der Waals surface area contributed by atoms with E-state index in [1.54, 1.807) is 0 Å². The number of carboxylic acid groups (broad SMARTS) is 1. The summed E-state index contributed by atoms with van der Waals surface area (Å²) >= 11 is 17.9. The minimum absolute atomic E-state index is 0.000303. The molecule has 3 rings (SSSR count). The van der Waals surface area contributed by atoms with E-state index in [9.17, 15) is 9.90 Å². The van der Waals surface area contributed by atoms with Crippen LogP contribution in [-0.2, 0) is 11.2 Å². The second-order valence-electron chi connectivity index (χ2n) is 7.95. The fraction of sp³-hybridized carbons (Fsp3) is 0.304. The zero-order valence-electron chi connectivity index (χ0n) is 16.5. The van der Waals surface area contributed by atoms with Crippen LogP contribution in [0.4, 0.5) is 0 Å². The molecule has 0 heterocycles. The number of benzene rings is 2. The number of carboxylic acids is 1. The Kier molecular flexibility index (Phi) is 6.09. The standard InChI is InChI=1S/C23H22Cl2O3S/c1-14(29)19-15(8-7-11-18(19)28-16-9-5-4-6-10-16)12-17(20(24)25)23(21(26)27)13-22(23,2)3/h4-11H,12-13H2,1-3H3,(H,26,27). The van der Waals surface area contributed by atoms with Gasteiger partial charge in [0.15, 0.2) is 0 Å². The number of halogens is 2. The van der Waals surface area contributed by atoms with Gasteiger partial charge in [-0.2, -0.15) is 0 Å². The Hall–Kier alpha value is -1.88. The van der Waals surface area contributed by atoms with Gasteiger partial charge in [-0.3, -0.25) is 4.79 Å². The molecular formula is C23H22Cl2O3S. The number of aliphatic carboxylic acids is 1. The molecule has 0 saturated heterocycles. The third-order valence-corrected chi connectivity index (χ3v) is 6.31. The molecule has 1 aliphatic carbocycles. The molecule has 1 fully saturated rings. The zero-order valence-corrected chi connectivity index (χ0v) is 18.8. The first-order valence-electron chi connectivity index (χ1n) is 9.24. The molecule has 3 nitrogen and oxygen atoms in total. The Morgan fingerprint density at radius 1 is 1.14 bits per heavy atom. The predicted octanol–water partition coefficient (Wildman–Crippen LogP) is 6.95. The van der Waals surface area contributed by atoms with E-state index in [0.717, 1.165) is 11.1 Å². The van der Waals surface area contributed by atoms with Gasteiger partial charge in [0, 0.05) is 10.4 Å². The molecule has 2 aromatic carbocycles. The van der Waals surface area contributed by atoms with Crippen LogP contribution in [0.1, 0.15) is 38.3 Å². The molecule has 2 aromatic rings. The highest BCUT2D eigenvalue weighted by atomic mass is 35.5. The van der Waals surface area contributed by atoms with Crippen molar-refractivity contribution in [2.45, 2.75) is 33.6 Å². The summed E-state index contributed by atoms with van der Waals surface area (Å²) in [5.41, 5.74) is 0.608. The lowest BCUT2D eigenvalue weighted by Gasteiger charge is -2.22. The zero-order chi connectivity index (χ0) is 21.4. The van der Waals surface area contributed by atoms with Crippen LogP contribution >= 0.6 is 35.4 Å². The summed E-state index contributed by atoms with van der Waals surface area (Å²) in [7, 11) is 0. The van der Waals surface area contributed by atoms with Crippen LogP contribution < -0.4 is 4.74 Å². The van der Waals surface area contributed by atoms with Gasteiger partial charge < -0.3 is 9.84 Å². The van der Waals surface area contributed by atoms with Crippen LogP contribution in [-0.4, -0.2) is 15.9 Å². The Labute approximate surface area is 186 Å². The molecule has 1 aliphatic rings. The van der Waals surface area contributed by atoms with Crippen molar-refractivity contribution in [1.29, 1.82) is 0 Å². The number of rotatable bonds is 7. The van der Waals surface area contributed by atoms with Gasteiger partial charge in [-0.25, -0.2) is 0 Å². The fourth-order valence-corrected chi connectivity index (χ4v) is 4.71. The van der Waals surface area contributed by atoms with Gasteiger partial charge in [0.05, 0.1) is 5.41 Å². The summed E-state index contributed by atoms with van der Waals surface area (Å²) in [6.07, 6.45) is 0.771. The van der Waals surface area contributed by atoms with E-state index in [-0.39, 0.29) is 10.9 Å². The van der Waals surface area contributed by atoms with Crippen molar-refractivity contribution < 1.29 is 14.6 Å².